The van der Waals surface area contributed by atoms with Crippen molar-refractivity contribution in [2.24, 2.45) is 0 Å². The molecule has 1 heterocycles. The minimum Gasteiger partial charge on any atom is -0.497 e. The average molecular weight is 408 g/mol. The Morgan fingerprint density at radius 1 is 1.10 bits per heavy atom. The van der Waals surface area contributed by atoms with Crippen molar-refractivity contribution < 1.29 is 32.2 Å². The Labute approximate surface area is 165 Å². The molecule has 0 bridgehead atoms. The molecule has 1 aliphatic heterocycles. The molecule has 1 N–H and O–H groups in total. The van der Waals surface area contributed by atoms with Crippen LogP contribution in [0.5, 0.6) is 17.2 Å². The van der Waals surface area contributed by atoms with Crippen molar-refractivity contribution in [1.29, 1.82) is 0 Å². The highest BCUT2D eigenvalue weighted by atomic mass is 19.4. The van der Waals surface area contributed by atoms with Crippen molar-refractivity contribution in [1.82, 2.24) is 4.90 Å². The van der Waals surface area contributed by atoms with Crippen LogP contribution in [0.15, 0.2) is 42.5 Å². The second kappa shape index (κ2) is 8.02. The monoisotopic (exact) mass is 408 g/mol. The molecule has 1 atom stereocenters. The van der Waals surface area contributed by atoms with Gasteiger partial charge in [-0.1, -0.05) is 0 Å². The summed E-state index contributed by atoms with van der Waals surface area (Å²) in [6, 6.07) is 8.34. The average Bonchev–Trinajstić information content (AvgIpc) is 3.00. The van der Waals surface area contributed by atoms with Gasteiger partial charge in [-0.15, -0.1) is 0 Å². The van der Waals surface area contributed by atoms with E-state index in [-0.39, 0.29) is 23.3 Å². The molecular weight excluding hydrogens is 389 g/mol. The Morgan fingerprint density at radius 3 is 2.31 bits per heavy atom. The van der Waals surface area contributed by atoms with E-state index in [2.05, 4.69) is 5.32 Å². The first-order valence-electron chi connectivity index (χ1n) is 8.78. The van der Waals surface area contributed by atoms with Crippen molar-refractivity contribution in [3.8, 4) is 17.2 Å². The highest BCUT2D eigenvalue weighted by molar-refractivity contribution is 5.99. The first kappa shape index (κ1) is 20.5. The van der Waals surface area contributed by atoms with E-state index in [0.717, 1.165) is 12.1 Å². The maximum Gasteiger partial charge on any atom is 0.416 e. The molecule has 0 saturated carbocycles. The van der Waals surface area contributed by atoms with Crippen LogP contribution in [0.25, 0.3) is 0 Å². The number of anilines is 1. The van der Waals surface area contributed by atoms with Crippen molar-refractivity contribution in [3.63, 3.8) is 0 Å². The highest BCUT2D eigenvalue weighted by Gasteiger charge is 2.33. The lowest BCUT2D eigenvalue weighted by Crippen LogP contribution is -2.38. The molecule has 1 unspecified atom stereocenters. The van der Waals surface area contributed by atoms with Crippen LogP contribution in [-0.4, -0.2) is 36.9 Å². The molecule has 0 aliphatic carbocycles. The SMILES string of the molecule is COc1cc(NC(=O)C2CCC(=O)N2C)cc(Oc2ccc(C(F)(F)F)cc2)c1. The lowest BCUT2D eigenvalue weighted by Gasteiger charge is -2.19. The van der Waals surface area contributed by atoms with Gasteiger partial charge < -0.3 is 19.7 Å². The Bertz CT molecular complexity index is 913. The highest BCUT2D eigenvalue weighted by Crippen LogP contribution is 2.33. The number of carbonyl (C=O) groups excluding carboxylic acids is 2. The zero-order valence-electron chi connectivity index (χ0n) is 15.7. The summed E-state index contributed by atoms with van der Waals surface area (Å²) < 4.78 is 48.8. The molecule has 2 amide bonds. The second-order valence-corrected chi connectivity index (χ2v) is 6.57. The molecule has 1 fully saturated rings. The minimum atomic E-state index is -4.43. The van der Waals surface area contributed by atoms with Gasteiger partial charge in [-0.2, -0.15) is 13.2 Å². The van der Waals surface area contributed by atoms with Crippen LogP contribution in [0.2, 0.25) is 0 Å². The fraction of sp³-hybridized carbons (Fsp3) is 0.300. The molecule has 0 radical (unpaired) electrons. The van der Waals surface area contributed by atoms with Gasteiger partial charge in [0.15, 0.2) is 0 Å². The first-order chi connectivity index (χ1) is 13.7. The molecule has 2 aromatic rings. The summed E-state index contributed by atoms with van der Waals surface area (Å²) in [6.45, 7) is 0. The van der Waals surface area contributed by atoms with Gasteiger partial charge in [-0.05, 0) is 30.7 Å². The number of hydrogen-bond acceptors (Lipinski definition) is 4. The predicted octanol–water partition coefficient (Wildman–Crippen LogP) is 4.07. The summed E-state index contributed by atoms with van der Waals surface area (Å²) in [7, 11) is 3.01. The number of ether oxygens (including phenoxy) is 2. The van der Waals surface area contributed by atoms with E-state index in [0.29, 0.717) is 24.3 Å². The van der Waals surface area contributed by atoms with E-state index < -0.39 is 17.8 Å². The Morgan fingerprint density at radius 2 is 1.76 bits per heavy atom. The molecule has 0 spiro atoms. The van der Waals surface area contributed by atoms with Crippen LogP contribution in [0.3, 0.4) is 0 Å². The molecule has 1 saturated heterocycles. The Balaban J connectivity index is 1.76. The second-order valence-electron chi connectivity index (χ2n) is 6.57. The molecular formula is C20H19F3N2O4. The number of amides is 2. The minimum absolute atomic E-state index is 0.0953. The Hall–Kier alpha value is -3.23. The first-order valence-corrected chi connectivity index (χ1v) is 8.78. The van der Waals surface area contributed by atoms with E-state index in [1.165, 1.54) is 30.2 Å². The van der Waals surface area contributed by atoms with Crippen LogP contribution in [-0.2, 0) is 15.8 Å². The predicted molar refractivity (Wildman–Crippen MR) is 98.9 cm³/mol. The van der Waals surface area contributed by atoms with Crippen molar-refractivity contribution in [3.05, 3.63) is 48.0 Å². The maximum absolute atomic E-state index is 12.7. The summed E-state index contributed by atoms with van der Waals surface area (Å²) in [5, 5.41) is 2.72. The molecule has 154 valence electrons. The lowest BCUT2D eigenvalue weighted by molar-refractivity contribution is -0.137. The normalized spacial score (nSPS) is 16.7. The summed E-state index contributed by atoms with van der Waals surface area (Å²) >= 11 is 0. The van der Waals surface area contributed by atoms with Crippen LogP contribution in [0, 0.1) is 0 Å². The molecule has 1 aliphatic rings. The van der Waals surface area contributed by atoms with Gasteiger partial charge in [0.05, 0.1) is 12.7 Å². The molecule has 6 nitrogen and oxygen atoms in total. The third-order valence-corrected chi connectivity index (χ3v) is 4.60. The van der Waals surface area contributed by atoms with Gasteiger partial charge in [-0.3, -0.25) is 9.59 Å². The number of rotatable bonds is 5. The molecule has 3 rings (SSSR count). The van der Waals surface area contributed by atoms with Gasteiger partial charge in [0, 0.05) is 37.4 Å². The fourth-order valence-corrected chi connectivity index (χ4v) is 3.01. The van der Waals surface area contributed by atoms with E-state index in [1.54, 1.807) is 19.2 Å². The van der Waals surface area contributed by atoms with E-state index >= 15 is 0 Å². The van der Waals surface area contributed by atoms with Crippen LogP contribution >= 0.6 is 0 Å². The standard InChI is InChI=1S/C20H19F3N2O4/c1-25-17(7-8-18(25)26)19(27)24-13-9-15(28-2)11-16(10-13)29-14-5-3-12(4-6-14)20(21,22)23/h3-6,9-11,17H,7-8H2,1-2H3,(H,24,27). The maximum atomic E-state index is 12.7. The van der Waals surface area contributed by atoms with Crippen molar-refractivity contribution >= 4 is 17.5 Å². The van der Waals surface area contributed by atoms with Gasteiger partial charge in [0.2, 0.25) is 11.8 Å². The van der Waals surface area contributed by atoms with Gasteiger partial charge in [0.1, 0.15) is 23.3 Å². The molecule has 29 heavy (non-hydrogen) atoms. The third-order valence-electron chi connectivity index (χ3n) is 4.60. The summed E-state index contributed by atoms with van der Waals surface area (Å²) in [4.78, 5) is 25.5. The topological polar surface area (TPSA) is 67.9 Å². The van der Waals surface area contributed by atoms with Gasteiger partial charge in [0.25, 0.3) is 0 Å². The number of carbonyl (C=O) groups is 2. The number of alkyl halides is 3. The fourth-order valence-electron chi connectivity index (χ4n) is 3.01. The van der Waals surface area contributed by atoms with Gasteiger partial charge in [-0.25, -0.2) is 0 Å². The zero-order chi connectivity index (χ0) is 21.2. The van der Waals surface area contributed by atoms with Crippen LogP contribution in [0.4, 0.5) is 18.9 Å². The smallest absolute Gasteiger partial charge is 0.416 e. The van der Waals surface area contributed by atoms with E-state index in [4.69, 9.17) is 9.47 Å². The number of benzene rings is 2. The largest absolute Gasteiger partial charge is 0.497 e. The van der Waals surface area contributed by atoms with Crippen molar-refractivity contribution in [2.75, 3.05) is 19.5 Å². The summed E-state index contributed by atoms with van der Waals surface area (Å²) in [5.74, 6) is 0.426. The molecule has 9 heteroatoms. The van der Waals surface area contributed by atoms with E-state index in [1.807, 2.05) is 0 Å². The Kier molecular flexibility index (Phi) is 5.67. The van der Waals surface area contributed by atoms with E-state index in [9.17, 15) is 22.8 Å². The number of likely N-dealkylation sites (N-methyl/N-ethyl adjacent to an activating group) is 1. The lowest BCUT2D eigenvalue weighted by atomic mass is 10.2. The number of halogens is 3. The number of nitrogens with one attached hydrogen (secondary N) is 1. The molecule has 0 aromatic heterocycles. The van der Waals surface area contributed by atoms with Gasteiger partial charge >= 0.3 is 6.18 Å². The van der Waals surface area contributed by atoms with Crippen LogP contribution < -0.4 is 14.8 Å². The number of likely N-dealkylation sites (tertiary alicyclic amines) is 1. The number of hydrogen-bond donors (Lipinski definition) is 1. The number of nitrogens with zero attached hydrogens (tertiary/aromatic N) is 1. The zero-order valence-corrected chi connectivity index (χ0v) is 15.7. The summed E-state index contributed by atoms with van der Waals surface area (Å²) in [5.41, 5.74) is -0.400. The summed E-state index contributed by atoms with van der Waals surface area (Å²) in [6.07, 6.45) is -3.68. The van der Waals surface area contributed by atoms with Crippen LogP contribution in [0.1, 0.15) is 18.4 Å². The third kappa shape index (κ3) is 4.79. The quantitative estimate of drug-likeness (QED) is 0.810. The number of methoxy groups -OCH3 is 1. The van der Waals surface area contributed by atoms with Crippen molar-refractivity contribution in [2.45, 2.75) is 25.1 Å². The molecule has 2 aromatic carbocycles.